The summed E-state index contributed by atoms with van der Waals surface area (Å²) in [5.41, 5.74) is 1.69. The Hall–Kier alpha value is -1.40. The van der Waals surface area contributed by atoms with Gasteiger partial charge < -0.3 is 14.3 Å². The molecule has 0 amide bonds. The van der Waals surface area contributed by atoms with Crippen LogP contribution in [0.15, 0.2) is 12.1 Å². The van der Waals surface area contributed by atoms with Gasteiger partial charge in [-0.15, -0.1) is 0 Å². The van der Waals surface area contributed by atoms with Gasteiger partial charge in [0.05, 0.1) is 22.3 Å². The van der Waals surface area contributed by atoms with E-state index in [4.69, 9.17) is 9.31 Å². The van der Waals surface area contributed by atoms with E-state index >= 15 is 0 Å². The summed E-state index contributed by atoms with van der Waals surface area (Å²) in [6.07, 6.45) is 0. The van der Waals surface area contributed by atoms with Crippen molar-refractivity contribution >= 4 is 23.9 Å². The standard InChI is InChI=1S/C13H18BN3O2/c1-8-15-9-6-7-10(17-11(9)16-8)14-18-12(2,3)13(4,5)19-14/h6-7H,1-5H3,(H,15,16,17). The normalized spacial score (nSPS) is 21.2. The summed E-state index contributed by atoms with van der Waals surface area (Å²) >= 11 is 0. The number of hydrogen-bond donors (Lipinski definition) is 1. The van der Waals surface area contributed by atoms with Gasteiger partial charge in [0.25, 0.3) is 0 Å². The maximum Gasteiger partial charge on any atom is 0.514 e. The van der Waals surface area contributed by atoms with E-state index in [-0.39, 0.29) is 11.2 Å². The second-order valence-electron chi connectivity index (χ2n) is 6.02. The van der Waals surface area contributed by atoms with Crippen molar-refractivity contribution in [2.75, 3.05) is 0 Å². The second kappa shape index (κ2) is 3.80. The Kier molecular flexibility index (Phi) is 2.53. The molecule has 0 aromatic carbocycles. The van der Waals surface area contributed by atoms with Gasteiger partial charge in [0.15, 0.2) is 5.65 Å². The maximum absolute atomic E-state index is 5.98. The zero-order valence-electron chi connectivity index (χ0n) is 11.9. The molecule has 0 bridgehead atoms. The SMILES string of the molecule is Cc1nc2nc(B3OC(C)(C)C(C)(C)O3)ccc2[nH]1. The van der Waals surface area contributed by atoms with E-state index < -0.39 is 7.12 Å². The number of aromatic amines is 1. The molecule has 2 aromatic heterocycles. The lowest BCUT2D eigenvalue weighted by molar-refractivity contribution is 0.00578. The van der Waals surface area contributed by atoms with E-state index in [2.05, 4.69) is 15.0 Å². The average molecular weight is 259 g/mol. The summed E-state index contributed by atoms with van der Waals surface area (Å²) in [5.74, 6) is 0.855. The van der Waals surface area contributed by atoms with Crippen molar-refractivity contribution in [3.63, 3.8) is 0 Å². The molecule has 0 spiro atoms. The zero-order chi connectivity index (χ0) is 13.8. The van der Waals surface area contributed by atoms with Gasteiger partial charge in [0, 0.05) is 0 Å². The van der Waals surface area contributed by atoms with Crippen LogP contribution in [0.3, 0.4) is 0 Å². The van der Waals surface area contributed by atoms with Gasteiger partial charge in [0.1, 0.15) is 5.82 Å². The Balaban J connectivity index is 1.97. The fraction of sp³-hybridized carbons (Fsp3) is 0.538. The Morgan fingerprint density at radius 2 is 1.68 bits per heavy atom. The lowest BCUT2D eigenvalue weighted by Gasteiger charge is -2.32. The molecule has 2 aromatic rings. The van der Waals surface area contributed by atoms with Gasteiger partial charge in [0.2, 0.25) is 0 Å². The van der Waals surface area contributed by atoms with Crippen LogP contribution >= 0.6 is 0 Å². The van der Waals surface area contributed by atoms with Crippen molar-refractivity contribution in [2.24, 2.45) is 0 Å². The zero-order valence-corrected chi connectivity index (χ0v) is 11.9. The van der Waals surface area contributed by atoms with Crippen LogP contribution in [0.1, 0.15) is 33.5 Å². The van der Waals surface area contributed by atoms with Crippen LogP contribution in [0.25, 0.3) is 11.2 Å². The van der Waals surface area contributed by atoms with Crippen molar-refractivity contribution in [3.05, 3.63) is 18.0 Å². The molecule has 0 atom stereocenters. The van der Waals surface area contributed by atoms with Crippen LogP contribution in [0.5, 0.6) is 0 Å². The van der Waals surface area contributed by atoms with E-state index in [1.807, 2.05) is 46.8 Å². The molecule has 1 aliphatic rings. The van der Waals surface area contributed by atoms with Crippen molar-refractivity contribution in [3.8, 4) is 0 Å². The molecular formula is C13H18BN3O2. The summed E-state index contributed by atoms with van der Waals surface area (Å²) < 4.78 is 12.0. The first-order valence-corrected chi connectivity index (χ1v) is 6.47. The molecule has 0 radical (unpaired) electrons. The first-order chi connectivity index (χ1) is 8.78. The van der Waals surface area contributed by atoms with Crippen molar-refractivity contribution in [1.29, 1.82) is 0 Å². The fourth-order valence-corrected chi connectivity index (χ4v) is 2.12. The summed E-state index contributed by atoms with van der Waals surface area (Å²) in [6.45, 7) is 10.0. The molecule has 0 saturated carbocycles. The quantitative estimate of drug-likeness (QED) is 0.789. The number of nitrogens with zero attached hydrogens (tertiary/aromatic N) is 2. The molecule has 100 valence electrons. The molecule has 6 heteroatoms. The third-order valence-corrected chi connectivity index (χ3v) is 3.98. The smallest absolute Gasteiger partial charge is 0.398 e. The minimum Gasteiger partial charge on any atom is -0.398 e. The lowest BCUT2D eigenvalue weighted by Crippen LogP contribution is -2.41. The summed E-state index contributed by atoms with van der Waals surface area (Å²) in [4.78, 5) is 12.0. The molecule has 19 heavy (non-hydrogen) atoms. The number of fused-ring (bicyclic) bond motifs is 1. The van der Waals surface area contributed by atoms with Crippen LogP contribution in [-0.4, -0.2) is 33.3 Å². The summed E-state index contributed by atoms with van der Waals surface area (Å²) in [5, 5.41) is 0. The molecule has 1 aliphatic heterocycles. The van der Waals surface area contributed by atoms with Crippen LogP contribution in [0.4, 0.5) is 0 Å². The van der Waals surface area contributed by atoms with E-state index in [1.165, 1.54) is 0 Å². The molecule has 1 N–H and O–H groups in total. The van der Waals surface area contributed by atoms with E-state index in [1.54, 1.807) is 0 Å². The van der Waals surface area contributed by atoms with E-state index in [0.29, 0.717) is 5.65 Å². The third kappa shape index (κ3) is 1.95. The molecule has 3 heterocycles. The Morgan fingerprint density at radius 3 is 2.32 bits per heavy atom. The number of hydrogen-bond acceptors (Lipinski definition) is 4. The molecule has 0 unspecified atom stereocenters. The van der Waals surface area contributed by atoms with Crippen LogP contribution < -0.4 is 5.59 Å². The number of imidazole rings is 1. The molecular weight excluding hydrogens is 241 g/mol. The predicted octanol–water partition coefficient (Wildman–Crippen LogP) is 1.57. The Morgan fingerprint density at radius 1 is 1.05 bits per heavy atom. The maximum atomic E-state index is 5.98. The first-order valence-electron chi connectivity index (χ1n) is 6.47. The Bertz CT molecular complexity index is 620. The predicted molar refractivity (Wildman–Crippen MR) is 74.3 cm³/mol. The van der Waals surface area contributed by atoms with Crippen molar-refractivity contribution in [2.45, 2.75) is 45.8 Å². The number of aromatic nitrogens is 3. The highest BCUT2D eigenvalue weighted by molar-refractivity contribution is 6.61. The molecule has 5 nitrogen and oxygen atoms in total. The van der Waals surface area contributed by atoms with Gasteiger partial charge in [-0.05, 0) is 46.8 Å². The highest BCUT2D eigenvalue weighted by atomic mass is 16.7. The number of aryl methyl sites for hydroxylation is 1. The van der Waals surface area contributed by atoms with Crippen molar-refractivity contribution in [1.82, 2.24) is 15.0 Å². The van der Waals surface area contributed by atoms with Crippen molar-refractivity contribution < 1.29 is 9.31 Å². The Labute approximate surface area is 112 Å². The highest BCUT2D eigenvalue weighted by Gasteiger charge is 2.52. The number of rotatable bonds is 1. The van der Waals surface area contributed by atoms with Gasteiger partial charge >= 0.3 is 7.12 Å². The third-order valence-electron chi connectivity index (χ3n) is 3.98. The van der Waals surface area contributed by atoms with Gasteiger partial charge in [-0.3, -0.25) is 0 Å². The van der Waals surface area contributed by atoms with Gasteiger partial charge in [-0.25, -0.2) is 9.97 Å². The molecule has 3 rings (SSSR count). The van der Waals surface area contributed by atoms with Crippen LogP contribution in [0.2, 0.25) is 0 Å². The fourth-order valence-electron chi connectivity index (χ4n) is 2.12. The highest BCUT2D eigenvalue weighted by Crippen LogP contribution is 2.36. The second-order valence-corrected chi connectivity index (χ2v) is 6.02. The van der Waals surface area contributed by atoms with Gasteiger partial charge in [-0.2, -0.15) is 0 Å². The van der Waals surface area contributed by atoms with E-state index in [0.717, 1.165) is 16.9 Å². The monoisotopic (exact) mass is 259 g/mol. The number of H-pyrrole nitrogens is 1. The van der Waals surface area contributed by atoms with Crippen LogP contribution in [-0.2, 0) is 9.31 Å². The number of pyridine rings is 1. The lowest BCUT2D eigenvalue weighted by atomic mass is 9.84. The molecule has 1 saturated heterocycles. The van der Waals surface area contributed by atoms with Gasteiger partial charge in [-0.1, -0.05) is 0 Å². The minimum absolute atomic E-state index is 0.351. The van der Waals surface area contributed by atoms with Crippen LogP contribution in [0, 0.1) is 6.92 Å². The molecule has 1 fully saturated rings. The molecule has 0 aliphatic carbocycles. The van der Waals surface area contributed by atoms with E-state index in [9.17, 15) is 0 Å². The first kappa shape index (κ1) is 12.6. The number of nitrogens with one attached hydrogen (secondary N) is 1. The topological polar surface area (TPSA) is 60.0 Å². The summed E-state index contributed by atoms with van der Waals surface area (Å²) in [7, 11) is -0.439. The summed E-state index contributed by atoms with van der Waals surface area (Å²) in [6, 6.07) is 3.88. The largest absolute Gasteiger partial charge is 0.514 e. The minimum atomic E-state index is -0.439. The average Bonchev–Trinajstić information content (AvgIpc) is 2.74.